The number of hydrogen-bond donors (Lipinski definition) is 0. The van der Waals surface area contributed by atoms with Gasteiger partial charge < -0.3 is 4.74 Å². The lowest BCUT2D eigenvalue weighted by Gasteiger charge is -1.98. The van der Waals surface area contributed by atoms with E-state index in [0.29, 0.717) is 5.76 Å². The van der Waals surface area contributed by atoms with Crippen molar-refractivity contribution in [1.82, 2.24) is 0 Å². The number of carbonyl (C=O) groups excluding carboxylic acids is 1. The van der Waals surface area contributed by atoms with E-state index in [1.807, 2.05) is 6.92 Å². The van der Waals surface area contributed by atoms with E-state index in [2.05, 4.69) is 0 Å². The summed E-state index contributed by atoms with van der Waals surface area (Å²) in [5.41, 5.74) is 0. The quantitative estimate of drug-likeness (QED) is 0.425. The number of Topliss-reactive ketones (excluding diaryl/α,β-unsaturated/α-hetero) is 1. The molecule has 52 valence electrons. The van der Waals surface area contributed by atoms with E-state index in [9.17, 15) is 4.79 Å². The molecule has 0 rings (SSSR count). The number of allylic oxidation sites excluding steroid dienone is 2. The van der Waals surface area contributed by atoms with Crippen molar-refractivity contribution >= 4 is 5.78 Å². The maximum absolute atomic E-state index is 10.6. The molecule has 0 saturated carbocycles. The molecular weight excluding hydrogens is 116 g/mol. The van der Waals surface area contributed by atoms with Crippen LogP contribution in [0.1, 0.15) is 20.3 Å². The smallest absolute Gasteiger partial charge is 0.193 e. The van der Waals surface area contributed by atoms with Gasteiger partial charge in [-0.05, 0) is 12.5 Å². The van der Waals surface area contributed by atoms with Gasteiger partial charge in [-0.2, -0.15) is 0 Å². The summed E-state index contributed by atoms with van der Waals surface area (Å²) in [6.07, 6.45) is 2.60. The standard InChI is InChI=1S/C7H12O2/c1-4-5-7(9-3)6(2)8/h5H,4H2,1-3H3/b7-5-. The fourth-order valence-electron chi connectivity index (χ4n) is 0.556. The first-order chi connectivity index (χ1) is 4.22. The lowest BCUT2D eigenvalue weighted by Crippen LogP contribution is -1.97. The van der Waals surface area contributed by atoms with Crippen LogP contribution in [0.25, 0.3) is 0 Å². The van der Waals surface area contributed by atoms with Gasteiger partial charge in [0.1, 0.15) is 0 Å². The number of ether oxygens (including phenoxy) is 1. The summed E-state index contributed by atoms with van der Waals surface area (Å²) in [5, 5.41) is 0. The van der Waals surface area contributed by atoms with E-state index in [4.69, 9.17) is 4.74 Å². The van der Waals surface area contributed by atoms with E-state index >= 15 is 0 Å². The summed E-state index contributed by atoms with van der Waals surface area (Å²) in [6.45, 7) is 3.45. The van der Waals surface area contributed by atoms with Crippen LogP contribution in [0.5, 0.6) is 0 Å². The first kappa shape index (κ1) is 8.21. The summed E-state index contributed by atoms with van der Waals surface area (Å²) < 4.78 is 4.76. The molecule has 0 aliphatic heterocycles. The van der Waals surface area contributed by atoms with Gasteiger partial charge in [0.15, 0.2) is 11.5 Å². The molecule has 0 amide bonds. The van der Waals surface area contributed by atoms with Gasteiger partial charge in [0, 0.05) is 6.92 Å². The van der Waals surface area contributed by atoms with Gasteiger partial charge in [0.25, 0.3) is 0 Å². The van der Waals surface area contributed by atoms with Crippen molar-refractivity contribution in [1.29, 1.82) is 0 Å². The van der Waals surface area contributed by atoms with Gasteiger partial charge in [0.05, 0.1) is 7.11 Å². The molecule has 9 heavy (non-hydrogen) atoms. The Labute approximate surface area is 55.5 Å². The fourth-order valence-corrected chi connectivity index (χ4v) is 0.556. The minimum Gasteiger partial charge on any atom is -0.493 e. The van der Waals surface area contributed by atoms with Crippen molar-refractivity contribution in [3.05, 3.63) is 11.8 Å². The predicted octanol–water partition coefficient (Wildman–Crippen LogP) is 1.52. The van der Waals surface area contributed by atoms with E-state index in [1.54, 1.807) is 6.08 Å². The summed E-state index contributed by atoms with van der Waals surface area (Å²) in [4.78, 5) is 10.6. The van der Waals surface area contributed by atoms with Gasteiger partial charge in [-0.15, -0.1) is 0 Å². The van der Waals surface area contributed by atoms with Crippen LogP contribution in [-0.2, 0) is 9.53 Å². The van der Waals surface area contributed by atoms with Crippen LogP contribution < -0.4 is 0 Å². The van der Waals surface area contributed by atoms with Crippen LogP contribution in [0.4, 0.5) is 0 Å². The summed E-state index contributed by atoms with van der Waals surface area (Å²) in [6, 6.07) is 0. The van der Waals surface area contributed by atoms with E-state index in [1.165, 1.54) is 14.0 Å². The van der Waals surface area contributed by atoms with E-state index in [-0.39, 0.29) is 5.78 Å². The zero-order valence-electron chi connectivity index (χ0n) is 6.10. The first-order valence-electron chi connectivity index (χ1n) is 2.97. The van der Waals surface area contributed by atoms with E-state index in [0.717, 1.165) is 6.42 Å². The molecule has 2 nitrogen and oxygen atoms in total. The SMILES string of the molecule is CC/C=C(\OC)C(C)=O. The molecule has 2 heteroatoms. The largest absolute Gasteiger partial charge is 0.493 e. The molecule has 0 N–H and O–H groups in total. The van der Waals surface area contributed by atoms with Crippen LogP contribution in [0.2, 0.25) is 0 Å². The fraction of sp³-hybridized carbons (Fsp3) is 0.571. The average Bonchev–Trinajstić information content (AvgIpc) is 1.82. The molecule has 0 aliphatic rings. The van der Waals surface area contributed by atoms with Crippen LogP contribution in [0, 0.1) is 0 Å². The molecule has 0 aromatic rings. The zero-order valence-corrected chi connectivity index (χ0v) is 6.10. The number of rotatable bonds is 3. The van der Waals surface area contributed by atoms with Gasteiger partial charge in [-0.25, -0.2) is 0 Å². The predicted molar refractivity (Wildman–Crippen MR) is 36.1 cm³/mol. The third-order valence-electron chi connectivity index (χ3n) is 0.956. The Hall–Kier alpha value is -0.790. The third kappa shape index (κ3) is 2.90. The Kier molecular flexibility index (Phi) is 3.76. The van der Waals surface area contributed by atoms with Crippen molar-refractivity contribution in [3.63, 3.8) is 0 Å². The minimum atomic E-state index is -0.0145. The molecule has 0 heterocycles. The molecule has 0 unspecified atom stereocenters. The minimum absolute atomic E-state index is 0.0145. The van der Waals surface area contributed by atoms with Crippen LogP contribution in [0.15, 0.2) is 11.8 Å². The third-order valence-corrected chi connectivity index (χ3v) is 0.956. The second-order valence-electron chi connectivity index (χ2n) is 1.74. The summed E-state index contributed by atoms with van der Waals surface area (Å²) in [7, 11) is 1.50. The molecule has 0 saturated heterocycles. The van der Waals surface area contributed by atoms with Crippen LogP contribution >= 0.6 is 0 Å². The molecule has 0 radical (unpaired) electrons. The highest BCUT2D eigenvalue weighted by molar-refractivity contribution is 5.91. The Morgan fingerprint density at radius 2 is 2.22 bits per heavy atom. The molecule has 0 aliphatic carbocycles. The maximum Gasteiger partial charge on any atom is 0.193 e. The van der Waals surface area contributed by atoms with Crippen LogP contribution in [-0.4, -0.2) is 12.9 Å². The van der Waals surface area contributed by atoms with E-state index < -0.39 is 0 Å². The summed E-state index contributed by atoms with van der Waals surface area (Å²) >= 11 is 0. The number of carbonyl (C=O) groups is 1. The summed E-state index contributed by atoms with van der Waals surface area (Å²) in [5.74, 6) is 0.442. The van der Waals surface area contributed by atoms with Crippen molar-refractivity contribution in [3.8, 4) is 0 Å². The first-order valence-corrected chi connectivity index (χ1v) is 2.97. The highest BCUT2D eigenvalue weighted by atomic mass is 16.5. The molecule has 0 spiro atoms. The second-order valence-corrected chi connectivity index (χ2v) is 1.74. The lowest BCUT2D eigenvalue weighted by atomic mass is 10.3. The Balaban J connectivity index is 3.98. The van der Waals surface area contributed by atoms with Gasteiger partial charge in [-0.1, -0.05) is 6.92 Å². The Morgan fingerprint density at radius 1 is 1.67 bits per heavy atom. The van der Waals surface area contributed by atoms with Gasteiger partial charge in [0.2, 0.25) is 0 Å². The molecule has 0 fully saturated rings. The van der Waals surface area contributed by atoms with Crippen molar-refractivity contribution in [2.45, 2.75) is 20.3 Å². The topological polar surface area (TPSA) is 26.3 Å². The molecule has 0 aromatic heterocycles. The highest BCUT2D eigenvalue weighted by Gasteiger charge is 1.98. The van der Waals surface area contributed by atoms with Crippen molar-refractivity contribution < 1.29 is 9.53 Å². The number of hydrogen-bond acceptors (Lipinski definition) is 2. The van der Waals surface area contributed by atoms with Gasteiger partial charge >= 0.3 is 0 Å². The van der Waals surface area contributed by atoms with Crippen molar-refractivity contribution in [2.75, 3.05) is 7.11 Å². The molecule has 0 bridgehead atoms. The van der Waals surface area contributed by atoms with Crippen molar-refractivity contribution in [2.24, 2.45) is 0 Å². The monoisotopic (exact) mass is 128 g/mol. The average molecular weight is 128 g/mol. The number of ketones is 1. The van der Waals surface area contributed by atoms with Gasteiger partial charge in [-0.3, -0.25) is 4.79 Å². The maximum atomic E-state index is 10.6. The molecular formula is C7H12O2. The van der Waals surface area contributed by atoms with Crippen LogP contribution in [0.3, 0.4) is 0 Å². The Morgan fingerprint density at radius 3 is 2.33 bits per heavy atom. The lowest BCUT2D eigenvalue weighted by molar-refractivity contribution is -0.116. The molecule has 0 atom stereocenters. The highest BCUT2D eigenvalue weighted by Crippen LogP contribution is 1.97. The molecule has 0 aromatic carbocycles. The normalized spacial score (nSPS) is 11.2. The number of methoxy groups -OCH3 is 1. The second kappa shape index (κ2) is 4.13. The Bertz CT molecular complexity index is 125. The zero-order chi connectivity index (χ0) is 7.28.